The second kappa shape index (κ2) is 5.25. The van der Waals surface area contributed by atoms with Gasteiger partial charge in [0.2, 0.25) is 0 Å². The third kappa shape index (κ3) is 2.91. The maximum absolute atomic E-state index is 12.0. The smallest absolute Gasteiger partial charge is 0.255 e. The quantitative estimate of drug-likeness (QED) is 0.810. The molecule has 1 amide bonds. The fourth-order valence-electron chi connectivity index (χ4n) is 2.30. The van der Waals surface area contributed by atoms with E-state index in [2.05, 4.69) is 34.8 Å². The van der Waals surface area contributed by atoms with Crippen LogP contribution in [-0.2, 0) is 0 Å². The third-order valence-corrected chi connectivity index (χ3v) is 4.05. The Morgan fingerprint density at radius 2 is 2.24 bits per heavy atom. The molecule has 2 rings (SSSR count). The van der Waals surface area contributed by atoms with Crippen LogP contribution in [0.15, 0.2) is 18.2 Å². The van der Waals surface area contributed by atoms with Crippen LogP contribution in [-0.4, -0.2) is 17.1 Å². The van der Waals surface area contributed by atoms with Gasteiger partial charge in [-0.05, 0) is 59.5 Å². The van der Waals surface area contributed by atoms with Crippen molar-refractivity contribution in [3.05, 3.63) is 27.3 Å². The summed E-state index contributed by atoms with van der Waals surface area (Å²) in [7, 11) is 0. The van der Waals surface area contributed by atoms with Gasteiger partial charge < -0.3 is 10.4 Å². The molecule has 3 nitrogen and oxygen atoms in total. The van der Waals surface area contributed by atoms with Gasteiger partial charge in [0.15, 0.2) is 0 Å². The number of benzene rings is 1. The summed E-state index contributed by atoms with van der Waals surface area (Å²) in [5.41, 5.74) is 0.371. The van der Waals surface area contributed by atoms with Gasteiger partial charge in [0.25, 0.3) is 5.91 Å². The Kier molecular flexibility index (Phi) is 3.91. The Morgan fingerprint density at radius 1 is 1.47 bits per heavy atom. The van der Waals surface area contributed by atoms with E-state index in [0.29, 0.717) is 11.5 Å². The lowest BCUT2D eigenvalue weighted by Crippen LogP contribution is -2.36. The van der Waals surface area contributed by atoms with E-state index in [1.165, 1.54) is 12.8 Å². The van der Waals surface area contributed by atoms with Gasteiger partial charge >= 0.3 is 0 Å². The van der Waals surface area contributed by atoms with Gasteiger partial charge in [-0.15, -0.1) is 0 Å². The monoisotopic (exact) mass is 345 g/mol. The van der Waals surface area contributed by atoms with Crippen molar-refractivity contribution in [2.45, 2.75) is 32.2 Å². The number of phenolic OH excluding ortho intramolecular Hbond substituents is 1. The lowest BCUT2D eigenvalue weighted by molar-refractivity contribution is 0.0927. The van der Waals surface area contributed by atoms with Crippen molar-refractivity contribution >= 4 is 28.5 Å². The minimum Gasteiger partial charge on any atom is -0.507 e. The van der Waals surface area contributed by atoms with E-state index >= 15 is 0 Å². The molecule has 1 aromatic rings. The predicted molar refractivity (Wildman–Crippen MR) is 75.1 cm³/mol. The molecule has 0 aromatic heterocycles. The number of halogens is 1. The number of amides is 1. The standard InChI is InChI=1S/C13H16INO2/c1-8-3-2-4-11(8)15-13(17)10-7-9(14)5-6-12(10)16/h5-8,11,16H,2-4H2,1H3,(H,15,17). The minimum atomic E-state index is -0.167. The van der Waals surface area contributed by atoms with Crippen molar-refractivity contribution in [3.63, 3.8) is 0 Å². The van der Waals surface area contributed by atoms with E-state index in [1.54, 1.807) is 18.2 Å². The van der Waals surface area contributed by atoms with Crippen LogP contribution < -0.4 is 5.32 Å². The van der Waals surface area contributed by atoms with Crippen LogP contribution in [0.1, 0.15) is 36.5 Å². The van der Waals surface area contributed by atoms with Gasteiger partial charge in [0.05, 0.1) is 5.56 Å². The van der Waals surface area contributed by atoms with Crippen LogP contribution in [0.3, 0.4) is 0 Å². The molecule has 0 heterocycles. The van der Waals surface area contributed by atoms with Crippen LogP contribution in [0.4, 0.5) is 0 Å². The molecule has 4 heteroatoms. The van der Waals surface area contributed by atoms with Gasteiger partial charge in [-0.3, -0.25) is 4.79 Å². The lowest BCUT2D eigenvalue weighted by Gasteiger charge is -2.17. The van der Waals surface area contributed by atoms with E-state index < -0.39 is 0 Å². The van der Waals surface area contributed by atoms with Crippen molar-refractivity contribution in [2.24, 2.45) is 5.92 Å². The van der Waals surface area contributed by atoms with Crippen molar-refractivity contribution < 1.29 is 9.90 Å². The molecule has 0 saturated heterocycles. The van der Waals surface area contributed by atoms with E-state index in [0.717, 1.165) is 9.99 Å². The summed E-state index contributed by atoms with van der Waals surface area (Å²) < 4.78 is 0.949. The van der Waals surface area contributed by atoms with Crippen LogP contribution in [0, 0.1) is 9.49 Å². The zero-order valence-electron chi connectivity index (χ0n) is 9.74. The van der Waals surface area contributed by atoms with Gasteiger partial charge in [-0.25, -0.2) is 0 Å². The third-order valence-electron chi connectivity index (χ3n) is 3.38. The summed E-state index contributed by atoms with van der Waals surface area (Å²) >= 11 is 2.13. The average molecular weight is 345 g/mol. The van der Waals surface area contributed by atoms with E-state index in [9.17, 15) is 9.90 Å². The molecule has 2 unspecified atom stereocenters. The van der Waals surface area contributed by atoms with Crippen molar-refractivity contribution in [1.29, 1.82) is 0 Å². The number of carbonyl (C=O) groups is 1. The molecular weight excluding hydrogens is 329 g/mol. The summed E-state index contributed by atoms with van der Waals surface area (Å²) in [4.78, 5) is 12.0. The summed E-state index contributed by atoms with van der Waals surface area (Å²) in [6.07, 6.45) is 3.38. The van der Waals surface area contributed by atoms with Crippen LogP contribution in [0.5, 0.6) is 5.75 Å². The van der Waals surface area contributed by atoms with Gasteiger partial charge in [0.1, 0.15) is 5.75 Å². The Morgan fingerprint density at radius 3 is 2.88 bits per heavy atom. The highest BCUT2D eigenvalue weighted by Crippen LogP contribution is 2.26. The highest BCUT2D eigenvalue weighted by atomic mass is 127. The van der Waals surface area contributed by atoms with E-state index in [-0.39, 0.29) is 17.7 Å². The lowest BCUT2D eigenvalue weighted by atomic mass is 10.1. The first kappa shape index (κ1) is 12.7. The molecule has 2 N–H and O–H groups in total. The number of nitrogens with one attached hydrogen (secondary N) is 1. The maximum Gasteiger partial charge on any atom is 0.255 e. The van der Waals surface area contributed by atoms with Gasteiger partial charge in [-0.1, -0.05) is 13.3 Å². The van der Waals surface area contributed by atoms with Crippen molar-refractivity contribution in [1.82, 2.24) is 5.32 Å². The molecule has 2 atom stereocenters. The van der Waals surface area contributed by atoms with Gasteiger partial charge in [0, 0.05) is 9.61 Å². The second-order valence-electron chi connectivity index (χ2n) is 4.65. The van der Waals surface area contributed by atoms with Crippen molar-refractivity contribution in [2.75, 3.05) is 0 Å². The Labute approximate surface area is 115 Å². The summed E-state index contributed by atoms with van der Waals surface area (Å²) in [5.74, 6) is 0.414. The molecule has 1 aliphatic carbocycles. The zero-order chi connectivity index (χ0) is 12.4. The Hall–Kier alpha value is -0.780. The topological polar surface area (TPSA) is 49.3 Å². The first-order chi connectivity index (χ1) is 8.08. The fourth-order valence-corrected chi connectivity index (χ4v) is 2.79. The number of phenols is 1. The Bertz CT molecular complexity index is 433. The molecule has 1 aromatic carbocycles. The number of aromatic hydroxyl groups is 1. The zero-order valence-corrected chi connectivity index (χ0v) is 11.9. The van der Waals surface area contributed by atoms with E-state index in [4.69, 9.17) is 0 Å². The average Bonchev–Trinajstić information content (AvgIpc) is 2.68. The SMILES string of the molecule is CC1CCCC1NC(=O)c1cc(I)ccc1O. The molecule has 0 spiro atoms. The Balaban J connectivity index is 2.11. The van der Waals surface area contributed by atoms with Crippen LogP contribution >= 0.6 is 22.6 Å². The maximum atomic E-state index is 12.0. The molecule has 0 radical (unpaired) electrons. The molecular formula is C13H16INO2. The first-order valence-electron chi connectivity index (χ1n) is 5.87. The molecule has 92 valence electrons. The first-order valence-corrected chi connectivity index (χ1v) is 6.95. The normalized spacial score (nSPS) is 23.6. The summed E-state index contributed by atoms with van der Waals surface area (Å²) in [6, 6.07) is 5.31. The summed E-state index contributed by atoms with van der Waals surface area (Å²) in [6.45, 7) is 2.16. The van der Waals surface area contributed by atoms with Crippen molar-refractivity contribution in [3.8, 4) is 5.75 Å². The fraction of sp³-hybridized carbons (Fsp3) is 0.462. The largest absolute Gasteiger partial charge is 0.507 e. The number of carbonyl (C=O) groups excluding carboxylic acids is 1. The minimum absolute atomic E-state index is 0.0496. The summed E-state index contributed by atoms with van der Waals surface area (Å²) in [5, 5.41) is 12.7. The highest BCUT2D eigenvalue weighted by molar-refractivity contribution is 14.1. The van der Waals surface area contributed by atoms with Crippen LogP contribution in [0.25, 0.3) is 0 Å². The molecule has 1 aliphatic rings. The van der Waals surface area contributed by atoms with Gasteiger partial charge in [-0.2, -0.15) is 0 Å². The number of hydrogen-bond acceptors (Lipinski definition) is 2. The van der Waals surface area contributed by atoms with Crippen LogP contribution in [0.2, 0.25) is 0 Å². The molecule has 0 aliphatic heterocycles. The molecule has 0 bridgehead atoms. The molecule has 1 fully saturated rings. The molecule has 17 heavy (non-hydrogen) atoms. The predicted octanol–water partition coefficient (Wildman–Crippen LogP) is 2.92. The molecule has 1 saturated carbocycles. The van der Waals surface area contributed by atoms with E-state index in [1.807, 2.05) is 0 Å². The number of hydrogen-bond donors (Lipinski definition) is 2. The second-order valence-corrected chi connectivity index (χ2v) is 5.90. The number of rotatable bonds is 2. The highest BCUT2D eigenvalue weighted by Gasteiger charge is 2.25.